The molecule has 3 rings (SSSR count). The largest absolute Gasteiger partial charge is 0.497 e. The Balaban J connectivity index is 1.90. The lowest BCUT2D eigenvalue weighted by atomic mass is 10.2. The number of sulfonamides is 1. The topological polar surface area (TPSA) is 97.7 Å². The Kier molecular flexibility index (Phi) is 6.18. The van der Waals surface area contributed by atoms with Gasteiger partial charge in [0, 0.05) is 18.3 Å². The average molecular weight is 450 g/mol. The lowest BCUT2D eigenvalue weighted by Gasteiger charge is -2.28. The lowest BCUT2D eigenvalue weighted by Crippen LogP contribution is -2.45. The molecule has 0 unspecified atom stereocenters. The number of amides is 1. The van der Waals surface area contributed by atoms with Crippen LogP contribution < -0.4 is 19.2 Å². The Bertz CT molecular complexity index is 1250. The first-order valence-electron chi connectivity index (χ1n) is 9.23. The van der Waals surface area contributed by atoms with Crippen LogP contribution >= 0.6 is 11.3 Å². The van der Waals surface area contributed by atoms with Crippen LogP contribution in [-0.2, 0) is 21.4 Å². The van der Waals surface area contributed by atoms with E-state index < -0.39 is 22.0 Å². The SMILES string of the molecule is CCn1c(=O)sc2cc(NC(=O)[C@@H](C)N(c3cccc(OC)c3)S(C)(=O)=O)ccc21. The molecule has 8 nitrogen and oxygen atoms in total. The highest BCUT2D eigenvalue weighted by atomic mass is 32.2. The van der Waals surface area contributed by atoms with Crippen molar-refractivity contribution in [1.82, 2.24) is 4.57 Å². The Morgan fingerprint density at radius 3 is 2.63 bits per heavy atom. The smallest absolute Gasteiger partial charge is 0.308 e. The summed E-state index contributed by atoms with van der Waals surface area (Å²) in [4.78, 5) is 24.8. The van der Waals surface area contributed by atoms with Crippen molar-refractivity contribution in [1.29, 1.82) is 0 Å². The van der Waals surface area contributed by atoms with Crippen LogP contribution in [0.5, 0.6) is 5.75 Å². The number of benzene rings is 2. The highest BCUT2D eigenvalue weighted by Crippen LogP contribution is 2.26. The van der Waals surface area contributed by atoms with Gasteiger partial charge in [0.05, 0.1) is 29.3 Å². The zero-order chi connectivity index (χ0) is 22.1. The van der Waals surface area contributed by atoms with Gasteiger partial charge in [-0.1, -0.05) is 17.4 Å². The van der Waals surface area contributed by atoms with Gasteiger partial charge in [-0.05, 0) is 44.2 Å². The van der Waals surface area contributed by atoms with Gasteiger partial charge in [0.15, 0.2) is 0 Å². The van der Waals surface area contributed by atoms with Crippen molar-refractivity contribution in [2.45, 2.75) is 26.4 Å². The number of nitrogens with zero attached hydrogens (tertiary/aromatic N) is 2. The van der Waals surface area contributed by atoms with Gasteiger partial charge in [0.25, 0.3) is 0 Å². The molecule has 0 saturated heterocycles. The standard InChI is InChI=1S/C20H23N3O5S2/c1-5-22-17-10-9-14(11-18(17)29-20(22)25)21-19(24)13(2)23(30(4,26)27)15-7-6-8-16(12-15)28-3/h6-13H,5H2,1-4H3,(H,21,24)/t13-/m1/s1. The first-order chi connectivity index (χ1) is 14.2. The van der Waals surface area contributed by atoms with Crippen molar-refractivity contribution < 1.29 is 17.9 Å². The normalized spacial score (nSPS) is 12.5. The van der Waals surface area contributed by atoms with Crippen LogP contribution in [0.25, 0.3) is 10.2 Å². The molecule has 1 amide bonds. The number of anilines is 2. The molecular formula is C20H23N3O5S2. The highest BCUT2D eigenvalue weighted by molar-refractivity contribution is 7.92. The van der Waals surface area contributed by atoms with Gasteiger partial charge >= 0.3 is 4.87 Å². The molecule has 30 heavy (non-hydrogen) atoms. The molecule has 10 heteroatoms. The van der Waals surface area contributed by atoms with Crippen LogP contribution in [0.15, 0.2) is 47.3 Å². The third-order valence-electron chi connectivity index (χ3n) is 4.65. The molecule has 0 radical (unpaired) electrons. The fourth-order valence-electron chi connectivity index (χ4n) is 3.25. The third kappa shape index (κ3) is 4.34. The second-order valence-electron chi connectivity index (χ2n) is 6.72. The van der Waals surface area contributed by atoms with Gasteiger partial charge in [-0.3, -0.25) is 18.5 Å². The van der Waals surface area contributed by atoms with Crippen LogP contribution in [0, 0.1) is 0 Å². The van der Waals surface area contributed by atoms with E-state index in [0.29, 0.717) is 23.7 Å². The van der Waals surface area contributed by atoms with Gasteiger partial charge in [-0.15, -0.1) is 0 Å². The Hall–Kier alpha value is -2.85. The van der Waals surface area contributed by atoms with Gasteiger partial charge < -0.3 is 10.1 Å². The molecule has 1 aromatic heterocycles. The van der Waals surface area contributed by atoms with E-state index in [1.54, 1.807) is 47.0 Å². The Labute approximate surface area is 178 Å². The summed E-state index contributed by atoms with van der Waals surface area (Å²) in [5.41, 5.74) is 1.61. The number of hydrogen-bond acceptors (Lipinski definition) is 6. The summed E-state index contributed by atoms with van der Waals surface area (Å²) < 4.78 is 33.5. The highest BCUT2D eigenvalue weighted by Gasteiger charge is 2.29. The molecule has 3 aromatic rings. The minimum atomic E-state index is -3.75. The number of carbonyl (C=O) groups excluding carboxylic acids is 1. The molecule has 1 N–H and O–H groups in total. The summed E-state index contributed by atoms with van der Waals surface area (Å²) >= 11 is 1.10. The van der Waals surface area contributed by atoms with Gasteiger partial charge in [0.2, 0.25) is 15.9 Å². The van der Waals surface area contributed by atoms with Crippen LogP contribution in [-0.4, -0.2) is 38.3 Å². The molecular weight excluding hydrogens is 426 g/mol. The van der Waals surface area contributed by atoms with E-state index in [4.69, 9.17) is 4.74 Å². The molecule has 160 valence electrons. The number of methoxy groups -OCH3 is 1. The van der Waals surface area contributed by atoms with Gasteiger partial charge in [0.1, 0.15) is 11.8 Å². The third-order valence-corrected chi connectivity index (χ3v) is 6.83. The molecule has 2 aromatic carbocycles. The van der Waals surface area contributed by atoms with Crippen molar-refractivity contribution >= 4 is 48.9 Å². The number of aromatic nitrogens is 1. The number of nitrogens with one attached hydrogen (secondary N) is 1. The van der Waals surface area contributed by atoms with E-state index in [2.05, 4.69) is 5.32 Å². The summed E-state index contributed by atoms with van der Waals surface area (Å²) in [5.74, 6) is -0.0144. The number of aryl methyl sites for hydroxylation is 1. The predicted molar refractivity (Wildman–Crippen MR) is 120 cm³/mol. The van der Waals surface area contributed by atoms with E-state index in [-0.39, 0.29) is 4.87 Å². The number of rotatable bonds is 7. The Morgan fingerprint density at radius 2 is 2.00 bits per heavy atom. The van der Waals surface area contributed by atoms with E-state index >= 15 is 0 Å². The van der Waals surface area contributed by atoms with Crippen molar-refractivity contribution in [2.75, 3.05) is 23.0 Å². The summed E-state index contributed by atoms with van der Waals surface area (Å²) in [5, 5.41) is 2.75. The average Bonchev–Trinajstić information content (AvgIpc) is 3.01. The second-order valence-corrected chi connectivity index (χ2v) is 9.57. The molecule has 0 fully saturated rings. The maximum atomic E-state index is 12.9. The van der Waals surface area contributed by atoms with E-state index in [1.807, 2.05) is 6.92 Å². The fourth-order valence-corrected chi connectivity index (χ4v) is 5.41. The predicted octanol–water partition coefficient (Wildman–Crippen LogP) is 2.88. The zero-order valence-corrected chi connectivity index (χ0v) is 18.7. The van der Waals surface area contributed by atoms with Crippen LogP contribution in [0.4, 0.5) is 11.4 Å². The first-order valence-corrected chi connectivity index (χ1v) is 11.9. The molecule has 1 heterocycles. The molecule has 0 bridgehead atoms. The number of thiazole rings is 1. The van der Waals surface area contributed by atoms with E-state index in [0.717, 1.165) is 32.1 Å². The molecule has 0 aliphatic rings. The van der Waals surface area contributed by atoms with Gasteiger partial charge in [-0.25, -0.2) is 8.42 Å². The number of ether oxygens (including phenoxy) is 1. The monoisotopic (exact) mass is 449 g/mol. The summed E-state index contributed by atoms with van der Waals surface area (Å²) in [6, 6.07) is 10.7. The summed E-state index contributed by atoms with van der Waals surface area (Å²) in [6.45, 7) is 3.97. The zero-order valence-electron chi connectivity index (χ0n) is 17.1. The quantitative estimate of drug-likeness (QED) is 0.598. The van der Waals surface area contributed by atoms with Crippen LogP contribution in [0.2, 0.25) is 0 Å². The van der Waals surface area contributed by atoms with Crippen molar-refractivity contribution in [2.24, 2.45) is 0 Å². The number of fused-ring (bicyclic) bond motifs is 1. The van der Waals surface area contributed by atoms with Crippen molar-refractivity contribution in [3.63, 3.8) is 0 Å². The fraction of sp³-hybridized carbons (Fsp3) is 0.300. The molecule has 0 saturated carbocycles. The molecule has 0 aliphatic heterocycles. The van der Waals surface area contributed by atoms with Crippen LogP contribution in [0.1, 0.15) is 13.8 Å². The van der Waals surface area contributed by atoms with E-state index in [1.165, 1.54) is 14.0 Å². The van der Waals surface area contributed by atoms with Crippen LogP contribution in [0.3, 0.4) is 0 Å². The number of hydrogen-bond donors (Lipinski definition) is 1. The number of carbonyl (C=O) groups is 1. The molecule has 0 spiro atoms. The minimum Gasteiger partial charge on any atom is -0.497 e. The van der Waals surface area contributed by atoms with Crippen molar-refractivity contribution in [3.05, 3.63) is 52.1 Å². The molecule has 0 aliphatic carbocycles. The Morgan fingerprint density at radius 1 is 1.27 bits per heavy atom. The molecule has 1 atom stereocenters. The second kappa shape index (κ2) is 8.49. The first kappa shape index (κ1) is 21.8. The maximum absolute atomic E-state index is 12.9. The minimum absolute atomic E-state index is 0.0642. The summed E-state index contributed by atoms with van der Waals surface area (Å²) in [6.07, 6.45) is 1.05. The van der Waals surface area contributed by atoms with Gasteiger partial charge in [-0.2, -0.15) is 0 Å². The summed E-state index contributed by atoms with van der Waals surface area (Å²) in [7, 11) is -2.26. The maximum Gasteiger partial charge on any atom is 0.308 e. The van der Waals surface area contributed by atoms with E-state index in [9.17, 15) is 18.0 Å². The van der Waals surface area contributed by atoms with Crippen molar-refractivity contribution in [3.8, 4) is 5.75 Å². The lowest BCUT2D eigenvalue weighted by molar-refractivity contribution is -0.116.